The van der Waals surface area contributed by atoms with Crippen LogP contribution in [0, 0.1) is 11.3 Å². The van der Waals surface area contributed by atoms with E-state index in [1.807, 2.05) is 0 Å². The fraction of sp³-hybridized carbons (Fsp3) is 0.167. The Morgan fingerprint density at radius 3 is 3.00 bits per heavy atom. The number of hydrogen-bond acceptors (Lipinski definition) is 2. The van der Waals surface area contributed by atoms with Crippen molar-refractivity contribution in [2.45, 2.75) is 0 Å². The van der Waals surface area contributed by atoms with Crippen molar-refractivity contribution < 1.29 is 9.47 Å². The fourth-order valence-electron chi connectivity index (χ4n) is 0.516. The maximum Gasteiger partial charge on any atom is 0.379 e. The normalized spacial score (nSPS) is 9.00. The summed E-state index contributed by atoms with van der Waals surface area (Å²) in [6.07, 6.45) is 1.33. The van der Waals surface area contributed by atoms with E-state index in [-0.39, 0.29) is 5.88 Å². The Morgan fingerprint density at radius 2 is 2.56 bits per heavy atom. The van der Waals surface area contributed by atoms with Crippen LogP contribution < -0.4 is 9.47 Å². The number of hydrogen-bond donors (Lipinski definition) is 0. The second-order valence-corrected chi connectivity index (χ2v) is 1.49. The summed E-state index contributed by atoms with van der Waals surface area (Å²) in [4.78, 5) is 0. The van der Waals surface area contributed by atoms with Crippen LogP contribution in [-0.2, 0) is 0 Å². The van der Waals surface area contributed by atoms with E-state index in [2.05, 4.69) is 10.8 Å². The summed E-state index contributed by atoms with van der Waals surface area (Å²) in [6.45, 7) is 0. The summed E-state index contributed by atoms with van der Waals surface area (Å²) in [6, 6.07) is 5.71. The highest BCUT2D eigenvalue weighted by Gasteiger charge is 1.98. The zero-order valence-electron chi connectivity index (χ0n) is 5.00. The second-order valence-electron chi connectivity index (χ2n) is 1.49. The molecular formula is C6H6NO2. The van der Waals surface area contributed by atoms with Gasteiger partial charge in [-0.05, 0) is 6.07 Å². The third kappa shape index (κ3) is 1.10. The van der Waals surface area contributed by atoms with E-state index in [1.54, 1.807) is 0 Å². The van der Waals surface area contributed by atoms with Gasteiger partial charge in [0.1, 0.15) is 0 Å². The Kier molecular flexibility index (Phi) is 1.53. The van der Waals surface area contributed by atoms with Crippen LogP contribution in [0.2, 0.25) is 0 Å². The van der Waals surface area contributed by atoms with Crippen molar-refractivity contribution in [3.8, 4) is 5.88 Å². The number of aromatic nitrogens is 1. The average molecular weight is 124 g/mol. The van der Waals surface area contributed by atoms with Gasteiger partial charge < -0.3 is 9.94 Å². The molecule has 0 aliphatic rings. The summed E-state index contributed by atoms with van der Waals surface area (Å²) >= 11 is 0. The molecule has 0 aromatic carbocycles. The molecule has 0 aliphatic carbocycles. The van der Waals surface area contributed by atoms with Crippen molar-refractivity contribution in [1.82, 2.24) is 0 Å². The molecule has 0 amide bonds. The molecule has 0 spiro atoms. The van der Waals surface area contributed by atoms with Gasteiger partial charge in [0.2, 0.25) is 0 Å². The van der Waals surface area contributed by atoms with Gasteiger partial charge in [0, 0.05) is 6.07 Å². The molecule has 0 unspecified atom stereocenters. The van der Waals surface area contributed by atoms with Crippen molar-refractivity contribution in [3.63, 3.8) is 0 Å². The minimum absolute atomic E-state index is 0.262. The molecule has 0 fully saturated rings. The molecule has 9 heavy (non-hydrogen) atoms. The summed E-state index contributed by atoms with van der Waals surface area (Å²) in [5.74, 6) is 0.262. The summed E-state index contributed by atoms with van der Waals surface area (Å²) in [5, 5.41) is 10.6. The molecule has 0 bridgehead atoms. The largest absolute Gasteiger partial charge is 0.616 e. The van der Waals surface area contributed by atoms with Gasteiger partial charge in [-0.3, -0.25) is 0 Å². The summed E-state index contributed by atoms with van der Waals surface area (Å²) in [5.41, 5.74) is 0. The predicted octanol–water partition coefficient (Wildman–Crippen LogP) is 0.129. The molecule has 1 radical (unpaired) electrons. The van der Waals surface area contributed by atoms with Crippen LogP contribution in [0.3, 0.4) is 0 Å². The minimum atomic E-state index is 0.262. The molecule has 3 nitrogen and oxygen atoms in total. The first-order valence-corrected chi connectivity index (χ1v) is 2.48. The SMILES string of the molecule is COc1c[c]cc[n+]1[O-]. The van der Waals surface area contributed by atoms with Crippen molar-refractivity contribution >= 4 is 0 Å². The number of rotatable bonds is 1. The van der Waals surface area contributed by atoms with E-state index in [0.717, 1.165) is 0 Å². The average Bonchev–Trinajstić information content (AvgIpc) is 1.89. The zero-order valence-corrected chi connectivity index (χ0v) is 5.00. The van der Waals surface area contributed by atoms with Crippen LogP contribution >= 0.6 is 0 Å². The number of nitrogens with zero attached hydrogens (tertiary/aromatic N) is 1. The first-order chi connectivity index (χ1) is 4.34. The van der Waals surface area contributed by atoms with E-state index in [0.29, 0.717) is 4.73 Å². The van der Waals surface area contributed by atoms with E-state index < -0.39 is 0 Å². The van der Waals surface area contributed by atoms with Crippen LogP contribution in [0.1, 0.15) is 0 Å². The molecule has 1 heterocycles. The van der Waals surface area contributed by atoms with Gasteiger partial charge in [-0.2, -0.15) is 0 Å². The third-order valence-electron chi connectivity index (χ3n) is 0.939. The van der Waals surface area contributed by atoms with E-state index in [1.165, 1.54) is 25.4 Å². The molecule has 0 aliphatic heterocycles. The Bertz CT molecular complexity index is 200. The quantitative estimate of drug-likeness (QED) is 0.394. The van der Waals surface area contributed by atoms with Gasteiger partial charge in [0.15, 0.2) is 6.20 Å². The van der Waals surface area contributed by atoms with Gasteiger partial charge in [-0.15, -0.1) is 4.73 Å². The number of methoxy groups -OCH3 is 1. The van der Waals surface area contributed by atoms with Gasteiger partial charge in [-0.1, -0.05) is 0 Å². The van der Waals surface area contributed by atoms with Crippen LogP contribution in [0.5, 0.6) is 5.88 Å². The maximum absolute atomic E-state index is 10.6. The first kappa shape index (κ1) is 5.88. The fourth-order valence-corrected chi connectivity index (χ4v) is 0.516. The molecule has 0 saturated heterocycles. The lowest BCUT2D eigenvalue weighted by atomic mass is 10.5. The summed E-state index contributed by atoms with van der Waals surface area (Å²) < 4.78 is 5.30. The van der Waals surface area contributed by atoms with E-state index >= 15 is 0 Å². The summed E-state index contributed by atoms with van der Waals surface area (Å²) in [7, 11) is 1.44. The highest BCUT2D eigenvalue weighted by molar-refractivity contribution is 5.00. The number of ether oxygens (including phenoxy) is 1. The zero-order chi connectivity index (χ0) is 6.69. The van der Waals surface area contributed by atoms with Gasteiger partial charge in [-0.25, -0.2) is 0 Å². The Balaban J connectivity index is 3.01. The Morgan fingerprint density at radius 1 is 1.78 bits per heavy atom. The van der Waals surface area contributed by atoms with Crippen LogP contribution in [0.4, 0.5) is 0 Å². The molecule has 1 rings (SSSR count). The highest BCUT2D eigenvalue weighted by Crippen LogP contribution is 1.96. The lowest BCUT2D eigenvalue weighted by Crippen LogP contribution is -2.26. The molecule has 0 atom stereocenters. The second kappa shape index (κ2) is 2.35. The van der Waals surface area contributed by atoms with Gasteiger partial charge in [0.25, 0.3) is 0 Å². The lowest BCUT2D eigenvalue weighted by molar-refractivity contribution is -0.612. The van der Waals surface area contributed by atoms with Crippen molar-refractivity contribution in [1.29, 1.82) is 0 Å². The van der Waals surface area contributed by atoms with Crippen LogP contribution in [0.15, 0.2) is 18.3 Å². The lowest BCUT2D eigenvalue weighted by Gasteiger charge is -1.98. The monoisotopic (exact) mass is 124 g/mol. The Labute approximate surface area is 53.1 Å². The third-order valence-corrected chi connectivity index (χ3v) is 0.939. The molecule has 1 aromatic heterocycles. The van der Waals surface area contributed by atoms with Crippen LogP contribution in [0.25, 0.3) is 0 Å². The molecule has 3 heteroatoms. The van der Waals surface area contributed by atoms with E-state index in [9.17, 15) is 5.21 Å². The number of pyridine rings is 1. The first-order valence-electron chi connectivity index (χ1n) is 2.48. The van der Waals surface area contributed by atoms with Crippen molar-refractivity contribution in [3.05, 3.63) is 29.6 Å². The molecule has 0 N–H and O–H groups in total. The molecule has 1 aromatic rings. The van der Waals surface area contributed by atoms with Crippen molar-refractivity contribution in [2.24, 2.45) is 0 Å². The van der Waals surface area contributed by atoms with Gasteiger partial charge >= 0.3 is 5.88 Å². The Hall–Kier alpha value is -1.25. The molecular weight excluding hydrogens is 118 g/mol. The topological polar surface area (TPSA) is 36.2 Å². The van der Waals surface area contributed by atoms with Gasteiger partial charge in [0.05, 0.1) is 13.2 Å². The van der Waals surface area contributed by atoms with Crippen molar-refractivity contribution in [2.75, 3.05) is 7.11 Å². The van der Waals surface area contributed by atoms with E-state index in [4.69, 9.17) is 0 Å². The molecule has 47 valence electrons. The predicted molar refractivity (Wildman–Crippen MR) is 30.8 cm³/mol. The molecule has 0 saturated carbocycles. The standard InChI is InChI=1S/C6H6NO2/c1-9-6-4-2-3-5-7(6)8/h3-5H,1H3. The highest BCUT2D eigenvalue weighted by atomic mass is 16.5. The smallest absolute Gasteiger partial charge is 0.379 e. The maximum atomic E-state index is 10.6. The minimum Gasteiger partial charge on any atom is -0.616 e. The van der Waals surface area contributed by atoms with Crippen LogP contribution in [-0.4, -0.2) is 7.11 Å².